The van der Waals surface area contributed by atoms with Crippen LogP contribution in [0, 0.1) is 5.41 Å². The molecule has 2 aliphatic heterocycles. The van der Waals surface area contributed by atoms with Gasteiger partial charge in [0.2, 0.25) is 11.8 Å². The number of hydrogen-bond acceptors (Lipinski definition) is 4. The van der Waals surface area contributed by atoms with Crippen molar-refractivity contribution in [2.45, 2.75) is 45.8 Å². The van der Waals surface area contributed by atoms with Crippen LogP contribution < -0.4 is 4.90 Å². The Morgan fingerprint density at radius 1 is 1.03 bits per heavy atom. The van der Waals surface area contributed by atoms with Crippen LogP contribution in [0.15, 0.2) is 18.3 Å². The maximum Gasteiger partial charge on any atom is 0.417 e. The maximum atomic E-state index is 13.0. The minimum absolute atomic E-state index is 0.0130. The van der Waals surface area contributed by atoms with E-state index in [0.29, 0.717) is 45.0 Å². The highest BCUT2D eigenvalue weighted by Crippen LogP contribution is 2.30. The van der Waals surface area contributed by atoms with Crippen LogP contribution in [0.2, 0.25) is 0 Å². The number of carbonyl (C=O) groups excluding carboxylic acids is 2. The van der Waals surface area contributed by atoms with Gasteiger partial charge in [-0.05, 0) is 25.0 Å². The average molecular weight is 412 g/mol. The summed E-state index contributed by atoms with van der Waals surface area (Å²) >= 11 is 0. The van der Waals surface area contributed by atoms with Crippen molar-refractivity contribution in [1.82, 2.24) is 14.8 Å². The van der Waals surface area contributed by atoms with Gasteiger partial charge in [-0.15, -0.1) is 0 Å². The van der Waals surface area contributed by atoms with Crippen LogP contribution in [0.1, 0.15) is 39.2 Å². The van der Waals surface area contributed by atoms with Gasteiger partial charge in [0.15, 0.2) is 0 Å². The molecule has 0 bridgehead atoms. The van der Waals surface area contributed by atoms with Crippen LogP contribution in [-0.2, 0) is 15.8 Å². The Morgan fingerprint density at radius 3 is 2.21 bits per heavy atom. The lowest BCUT2D eigenvalue weighted by Gasteiger charge is -2.38. The molecule has 0 radical (unpaired) electrons. The Labute approximate surface area is 168 Å². The van der Waals surface area contributed by atoms with Gasteiger partial charge in [0, 0.05) is 44.3 Å². The molecule has 2 aliphatic rings. The fraction of sp³-hybridized carbons (Fsp3) is 0.650. The normalized spacial score (nSPS) is 20.9. The van der Waals surface area contributed by atoms with Crippen molar-refractivity contribution in [2.24, 2.45) is 5.41 Å². The van der Waals surface area contributed by atoms with E-state index in [-0.39, 0.29) is 11.8 Å². The van der Waals surface area contributed by atoms with Gasteiger partial charge in [0.05, 0.1) is 5.56 Å². The molecule has 160 valence electrons. The minimum atomic E-state index is -4.41. The first-order valence-electron chi connectivity index (χ1n) is 9.86. The van der Waals surface area contributed by atoms with Crippen LogP contribution in [0.4, 0.5) is 19.0 Å². The predicted molar refractivity (Wildman–Crippen MR) is 102 cm³/mol. The lowest BCUT2D eigenvalue weighted by molar-refractivity contribution is -0.148. The monoisotopic (exact) mass is 412 g/mol. The van der Waals surface area contributed by atoms with Crippen LogP contribution >= 0.6 is 0 Å². The number of alkyl halides is 3. The Morgan fingerprint density at radius 2 is 1.69 bits per heavy atom. The SMILES string of the molecule is CC(C)(C)C(=O)N1CCCC1C(=O)N1CCN(c2ccc(C(F)(F)F)cn2)CC1. The number of likely N-dealkylation sites (tertiary alicyclic amines) is 1. The Hall–Kier alpha value is -2.32. The third-order valence-electron chi connectivity index (χ3n) is 5.43. The molecule has 1 unspecified atom stereocenters. The topological polar surface area (TPSA) is 56.8 Å². The predicted octanol–water partition coefficient (Wildman–Crippen LogP) is 2.79. The maximum absolute atomic E-state index is 13.0. The van der Waals surface area contributed by atoms with Gasteiger partial charge in [-0.1, -0.05) is 20.8 Å². The van der Waals surface area contributed by atoms with Gasteiger partial charge in [0.25, 0.3) is 0 Å². The number of hydrogen-bond donors (Lipinski definition) is 0. The molecule has 3 rings (SSSR count). The number of pyridine rings is 1. The van der Waals surface area contributed by atoms with Crippen LogP contribution in [0.3, 0.4) is 0 Å². The van der Waals surface area contributed by atoms with Crippen LogP contribution in [0.5, 0.6) is 0 Å². The summed E-state index contributed by atoms with van der Waals surface area (Å²) in [7, 11) is 0. The molecule has 0 aliphatic carbocycles. The molecular weight excluding hydrogens is 385 g/mol. The average Bonchev–Trinajstić information content (AvgIpc) is 3.15. The second-order valence-electron chi connectivity index (χ2n) is 8.62. The Bertz CT molecular complexity index is 750. The summed E-state index contributed by atoms with van der Waals surface area (Å²) in [4.78, 5) is 34.9. The van der Waals surface area contributed by atoms with E-state index in [1.807, 2.05) is 25.7 Å². The molecule has 9 heteroatoms. The highest BCUT2D eigenvalue weighted by atomic mass is 19.4. The van der Waals surface area contributed by atoms with E-state index in [1.165, 1.54) is 6.07 Å². The van der Waals surface area contributed by atoms with Gasteiger partial charge in [-0.3, -0.25) is 9.59 Å². The number of aromatic nitrogens is 1. The fourth-order valence-electron chi connectivity index (χ4n) is 3.80. The highest BCUT2D eigenvalue weighted by molar-refractivity contribution is 5.90. The van der Waals surface area contributed by atoms with Gasteiger partial charge in [-0.25, -0.2) is 4.98 Å². The van der Waals surface area contributed by atoms with E-state index in [9.17, 15) is 22.8 Å². The number of carbonyl (C=O) groups is 2. The van der Waals surface area contributed by atoms with Crippen molar-refractivity contribution >= 4 is 17.6 Å². The van der Waals surface area contributed by atoms with Gasteiger partial charge in [-0.2, -0.15) is 13.2 Å². The van der Waals surface area contributed by atoms with E-state index in [1.54, 1.807) is 9.80 Å². The van der Waals surface area contributed by atoms with E-state index >= 15 is 0 Å². The van der Waals surface area contributed by atoms with Crippen LogP contribution in [-0.4, -0.2) is 65.4 Å². The van der Waals surface area contributed by atoms with Crippen molar-refractivity contribution in [3.63, 3.8) is 0 Å². The third-order valence-corrected chi connectivity index (χ3v) is 5.43. The zero-order valence-electron chi connectivity index (χ0n) is 17.0. The zero-order chi connectivity index (χ0) is 21.4. The van der Waals surface area contributed by atoms with Crippen molar-refractivity contribution in [3.8, 4) is 0 Å². The van der Waals surface area contributed by atoms with Gasteiger partial charge < -0.3 is 14.7 Å². The van der Waals surface area contributed by atoms with Crippen molar-refractivity contribution in [2.75, 3.05) is 37.6 Å². The van der Waals surface area contributed by atoms with E-state index < -0.39 is 23.2 Å². The number of rotatable bonds is 2. The molecule has 2 fully saturated rings. The van der Waals surface area contributed by atoms with Crippen molar-refractivity contribution in [3.05, 3.63) is 23.9 Å². The molecule has 0 aromatic carbocycles. The summed E-state index contributed by atoms with van der Waals surface area (Å²) in [5.41, 5.74) is -1.31. The number of halogens is 3. The minimum Gasteiger partial charge on any atom is -0.353 e. The zero-order valence-corrected chi connectivity index (χ0v) is 17.0. The lowest BCUT2D eigenvalue weighted by Crippen LogP contribution is -2.55. The van der Waals surface area contributed by atoms with E-state index in [2.05, 4.69) is 4.98 Å². The number of anilines is 1. The molecule has 1 atom stereocenters. The summed E-state index contributed by atoms with van der Waals surface area (Å²) in [6, 6.07) is 1.97. The van der Waals surface area contributed by atoms with Crippen LogP contribution in [0.25, 0.3) is 0 Å². The number of piperazine rings is 1. The number of nitrogens with zero attached hydrogens (tertiary/aromatic N) is 4. The molecule has 29 heavy (non-hydrogen) atoms. The molecule has 2 saturated heterocycles. The summed E-state index contributed by atoms with van der Waals surface area (Å²) in [6.07, 6.45) is -2.09. The van der Waals surface area contributed by atoms with E-state index in [0.717, 1.165) is 18.7 Å². The summed E-state index contributed by atoms with van der Waals surface area (Å²) in [6.45, 7) is 8.04. The first-order chi connectivity index (χ1) is 13.5. The molecule has 1 aromatic rings. The first-order valence-corrected chi connectivity index (χ1v) is 9.86. The second kappa shape index (κ2) is 7.84. The van der Waals surface area contributed by atoms with Crippen molar-refractivity contribution < 1.29 is 22.8 Å². The molecule has 6 nitrogen and oxygen atoms in total. The quantitative estimate of drug-likeness (QED) is 0.750. The molecule has 2 amide bonds. The molecule has 3 heterocycles. The standard InChI is InChI=1S/C20H27F3N4O2/c1-19(2,3)18(29)27-8-4-5-15(27)17(28)26-11-9-25(10-12-26)16-7-6-14(13-24-16)20(21,22)23/h6-7,13,15H,4-5,8-12H2,1-3H3. The van der Waals surface area contributed by atoms with Gasteiger partial charge >= 0.3 is 6.18 Å². The first kappa shape index (κ1) is 21.4. The summed E-state index contributed by atoms with van der Waals surface area (Å²) in [5.74, 6) is 0.413. The second-order valence-corrected chi connectivity index (χ2v) is 8.62. The molecular formula is C20H27F3N4O2. The molecule has 0 N–H and O–H groups in total. The molecule has 0 spiro atoms. The molecule has 0 saturated carbocycles. The highest BCUT2D eigenvalue weighted by Gasteiger charge is 2.40. The fourth-order valence-corrected chi connectivity index (χ4v) is 3.80. The smallest absolute Gasteiger partial charge is 0.353 e. The Kier molecular flexibility index (Phi) is 5.78. The largest absolute Gasteiger partial charge is 0.417 e. The van der Waals surface area contributed by atoms with Crippen molar-refractivity contribution in [1.29, 1.82) is 0 Å². The van der Waals surface area contributed by atoms with Gasteiger partial charge in [0.1, 0.15) is 11.9 Å². The summed E-state index contributed by atoms with van der Waals surface area (Å²) < 4.78 is 38.1. The van der Waals surface area contributed by atoms with E-state index in [4.69, 9.17) is 0 Å². The lowest BCUT2D eigenvalue weighted by atomic mass is 9.94. The molecule has 1 aromatic heterocycles. The number of amides is 2. The third kappa shape index (κ3) is 4.64. The summed E-state index contributed by atoms with van der Waals surface area (Å²) in [5, 5.41) is 0. The Balaban J connectivity index is 1.60.